The third-order valence-electron chi connectivity index (χ3n) is 2.62. The standard InChI is InChI=1S/C10H14F3N3O/c11-10(12,13)7-15-9(17)6-16-3-1-8(5-14)2-4-16/h8H,1-4,6-7H2,(H,15,17). The van der Waals surface area contributed by atoms with E-state index in [2.05, 4.69) is 6.07 Å². The van der Waals surface area contributed by atoms with E-state index in [4.69, 9.17) is 5.26 Å². The van der Waals surface area contributed by atoms with Gasteiger partial charge in [0, 0.05) is 5.92 Å². The molecule has 1 heterocycles. The van der Waals surface area contributed by atoms with Crippen molar-refractivity contribution in [2.24, 2.45) is 5.92 Å². The molecule has 0 radical (unpaired) electrons. The Bertz CT molecular complexity index is 303. The number of nitrogens with zero attached hydrogens (tertiary/aromatic N) is 2. The molecule has 0 atom stereocenters. The lowest BCUT2D eigenvalue weighted by Gasteiger charge is -2.28. The molecular formula is C10H14F3N3O. The summed E-state index contributed by atoms with van der Waals surface area (Å²) in [6.45, 7) is -0.163. The van der Waals surface area contributed by atoms with Crippen molar-refractivity contribution in [1.29, 1.82) is 5.26 Å². The molecule has 1 aliphatic rings. The maximum atomic E-state index is 11.8. The highest BCUT2D eigenvalue weighted by atomic mass is 19.4. The Hall–Kier alpha value is -1.29. The largest absolute Gasteiger partial charge is 0.405 e. The highest BCUT2D eigenvalue weighted by Gasteiger charge is 2.28. The van der Waals surface area contributed by atoms with E-state index in [1.807, 2.05) is 5.32 Å². The minimum atomic E-state index is -4.37. The van der Waals surface area contributed by atoms with Crippen LogP contribution >= 0.6 is 0 Å². The highest BCUT2D eigenvalue weighted by Crippen LogP contribution is 2.15. The summed E-state index contributed by atoms with van der Waals surface area (Å²) in [5.41, 5.74) is 0. The van der Waals surface area contributed by atoms with Gasteiger partial charge >= 0.3 is 6.18 Å². The van der Waals surface area contributed by atoms with Crippen LogP contribution in [0, 0.1) is 17.2 Å². The second-order valence-corrected chi connectivity index (χ2v) is 4.07. The van der Waals surface area contributed by atoms with Crippen LogP contribution < -0.4 is 5.32 Å². The maximum Gasteiger partial charge on any atom is 0.405 e. The molecule has 0 aromatic rings. The molecule has 7 heteroatoms. The van der Waals surface area contributed by atoms with E-state index in [1.165, 1.54) is 0 Å². The van der Waals surface area contributed by atoms with Gasteiger partial charge in [0.25, 0.3) is 0 Å². The zero-order valence-electron chi connectivity index (χ0n) is 9.26. The molecule has 0 aromatic heterocycles. The van der Waals surface area contributed by atoms with Gasteiger partial charge in [0.15, 0.2) is 0 Å². The van der Waals surface area contributed by atoms with E-state index in [0.717, 1.165) is 0 Å². The van der Waals surface area contributed by atoms with E-state index >= 15 is 0 Å². The number of nitrogens with one attached hydrogen (secondary N) is 1. The predicted octanol–water partition coefficient (Wildman–Crippen LogP) is 0.900. The Morgan fingerprint density at radius 1 is 1.41 bits per heavy atom. The topological polar surface area (TPSA) is 56.1 Å². The fraction of sp³-hybridized carbons (Fsp3) is 0.800. The van der Waals surface area contributed by atoms with Gasteiger partial charge in [0.1, 0.15) is 6.54 Å². The summed E-state index contributed by atoms with van der Waals surface area (Å²) >= 11 is 0. The quantitative estimate of drug-likeness (QED) is 0.808. The van der Waals surface area contributed by atoms with Crippen LogP contribution in [-0.4, -0.2) is 43.2 Å². The second-order valence-electron chi connectivity index (χ2n) is 4.07. The molecule has 17 heavy (non-hydrogen) atoms. The van der Waals surface area contributed by atoms with Crippen molar-refractivity contribution >= 4 is 5.91 Å². The lowest BCUT2D eigenvalue weighted by Crippen LogP contribution is -2.43. The number of halogens is 3. The Morgan fingerprint density at radius 2 is 2.00 bits per heavy atom. The third-order valence-corrected chi connectivity index (χ3v) is 2.62. The summed E-state index contributed by atoms with van der Waals surface area (Å²) in [6.07, 6.45) is -3.03. The third kappa shape index (κ3) is 5.54. The van der Waals surface area contributed by atoms with E-state index in [-0.39, 0.29) is 12.5 Å². The van der Waals surface area contributed by atoms with Gasteiger partial charge in [-0.15, -0.1) is 0 Å². The van der Waals surface area contributed by atoms with Crippen molar-refractivity contribution < 1.29 is 18.0 Å². The van der Waals surface area contributed by atoms with Crippen LogP contribution in [0.25, 0.3) is 0 Å². The van der Waals surface area contributed by atoms with Gasteiger partial charge in [-0.2, -0.15) is 18.4 Å². The van der Waals surface area contributed by atoms with Crippen molar-refractivity contribution in [3.05, 3.63) is 0 Å². The summed E-state index contributed by atoms with van der Waals surface area (Å²) in [7, 11) is 0. The number of nitriles is 1. The zero-order chi connectivity index (χ0) is 12.9. The molecule has 0 aliphatic carbocycles. The molecule has 1 N–H and O–H groups in total. The number of piperidine rings is 1. The fourth-order valence-electron chi connectivity index (χ4n) is 1.68. The molecule has 1 saturated heterocycles. The van der Waals surface area contributed by atoms with Gasteiger partial charge in [-0.05, 0) is 25.9 Å². The number of alkyl halides is 3. The Balaban J connectivity index is 2.22. The van der Waals surface area contributed by atoms with Gasteiger partial charge in [-0.1, -0.05) is 0 Å². The van der Waals surface area contributed by atoms with Gasteiger partial charge < -0.3 is 5.32 Å². The molecule has 1 amide bonds. The van der Waals surface area contributed by atoms with Gasteiger partial charge in [-0.25, -0.2) is 0 Å². The van der Waals surface area contributed by atoms with Crippen LogP contribution in [0.15, 0.2) is 0 Å². The number of hydrogen-bond acceptors (Lipinski definition) is 3. The number of rotatable bonds is 3. The first-order valence-electron chi connectivity index (χ1n) is 5.36. The molecule has 0 saturated carbocycles. The molecule has 96 valence electrons. The molecule has 1 aliphatic heterocycles. The fourth-order valence-corrected chi connectivity index (χ4v) is 1.68. The van der Waals surface area contributed by atoms with E-state index in [9.17, 15) is 18.0 Å². The van der Waals surface area contributed by atoms with Crippen molar-refractivity contribution in [2.45, 2.75) is 19.0 Å². The Labute approximate surface area is 97.4 Å². The van der Waals surface area contributed by atoms with Crippen LogP contribution in [0.3, 0.4) is 0 Å². The number of likely N-dealkylation sites (tertiary alicyclic amines) is 1. The Morgan fingerprint density at radius 3 is 2.47 bits per heavy atom. The van der Waals surface area contributed by atoms with Crippen LogP contribution in [0.5, 0.6) is 0 Å². The van der Waals surface area contributed by atoms with Gasteiger partial charge in [0.2, 0.25) is 5.91 Å². The molecule has 1 fully saturated rings. The first-order valence-corrected chi connectivity index (χ1v) is 5.36. The molecule has 0 spiro atoms. The lowest BCUT2D eigenvalue weighted by atomic mass is 9.99. The van der Waals surface area contributed by atoms with Crippen molar-refractivity contribution in [1.82, 2.24) is 10.2 Å². The molecule has 0 unspecified atom stereocenters. The summed E-state index contributed by atoms with van der Waals surface area (Å²) in [6, 6.07) is 2.15. The molecule has 4 nitrogen and oxygen atoms in total. The summed E-state index contributed by atoms with van der Waals surface area (Å²) < 4.78 is 35.5. The SMILES string of the molecule is N#CC1CCN(CC(=O)NCC(F)(F)F)CC1. The Kier molecular flexibility index (Phi) is 4.75. The summed E-state index contributed by atoms with van der Waals surface area (Å²) in [4.78, 5) is 13.0. The maximum absolute atomic E-state index is 11.8. The van der Waals surface area contributed by atoms with E-state index < -0.39 is 18.6 Å². The minimum absolute atomic E-state index is 0.00415. The van der Waals surface area contributed by atoms with Crippen molar-refractivity contribution in [3.8, 4) is 6.07 Å². The van der Waals surface area contributed by atoms with Crippen LogP contribution in [-0.2, 0) is 4.79 Å². The second kappa shape index (κ2) is 5.87. The zero-order valence-corrected chi connectivity index (χ0v) is 9.26. The highest BCUT2D eigenvalue weighted by molar-refractivity contribution is 5.78. The van der Waals surface area contributed by atoms with E-state index in [1.54, 1.807) is 4.90 Å². The number of hydrogen-bond donors (Lipinski definition) is 1. The minimum Gasteiger partial charge on any atom is -0.346 e. The predicted molar refractivity (Wildman–Crippen MR) is 53.8 cm³/mol. The lowest BCUT2D eigenvalue weighted by molar-refractivity contribution is -0.139. The first-order chi connectivity index (χ1) is 7.90. The monoisotopic (exact) mass is 249 g/mol. The number of amides is 1. The van der Waals surface area contributed by atoms with Crippen LogP contribution in [0.4, 0.5) is 13.2 Å². The van der Waals surface area contributed by atoms with Crippen LogP contribution in [0.1, 0.15) is 12.8 Å². The first kappa shape index (κ1) is 13.8. The number of carbonyl (C=O) groups is 1. The summed E-state index contributed by atoms with van der Waals surface area (Å²) in [5, 5.41) is 10.5. The van der Waals surface area contributed by atoms with Gasteiger partial charge in [0.05, 0.1) is 12.6 Å². The molecule has 1 rings (SSSR count). The van der Waals surface area contributed by atoms with Crippen molar-refractivity contribution in [3.63, 3.8) is 0 Å². The van der Waals surface area contributed by atoms with Gasteiger partial charge in [-0.3, -0.25) is 9.69 Å². The van der Waals surface area contributed by atoms with E-state index in [0.29, 0.717) is 25.9 Å². The molecule has 0 aromatic carbocycles. The number of carbonyl (C=O) groups excluding carboxylic acids is 1. The molecule has 0 bridgehead atoms. The van der Waals surface area contributed by atoms with Crippen LogP contribution in [0.2, 0.25) is 0 Å². The average molecular weight is 249 g/mol. The average Bonchev–Trinajstić information content (AvgIpc) is 2.27. The summed E-state index contributed by atoms with van der Waals surface area (Å²) in [5.74, 6) is -0.623. The normalized spacial score (nSPS) is 18.7. The van der Waals surface area contributed by atoms with Crippen molar-refractivity contribution in [2.75, 3.05) is 26.2 Å². The smallest absolute Gasteiger partial charge is 0.346 e. The molecular weight excluding hydrogens is 235 g/mol.